The van der Waals surface area contributed by atoms with Crippen molar-refractivity contribution in [1.82, 2.24) is 10.6 Å². The first-order chi connectivity index (χ1) is 6.11. The molecule has 0 saturated carbocycles. The topological polar surface area (TPSA) is 93.5 Å². The van der Waals surface area contributed by atoms with Crippen LogP contribution in [-0.2, 0) is 14.3 Å². The summed E-state index contributed by atoms with van der Waals surface area (Å²) in [6.45, 7) is 0.222. The summed E-state index contributed by atoms with van der Waals surface area (Å²) in [6.07, 6.45) is 0. The first-order valence-electron chi connectivity index (χ1n) is 3.86. The van der Waals surface area contributed by atoms with Gasteiger partial charge in [0.2, 0.25) is 5.91 Å². The van der Waals surface area contributed by atoms with E-state index >= 15 is 0 Å². The van der Waals surface area contributed by atoms with Gasteiger partial charge >= 0.3 is 5.97 Å². The molecule has 0 aromatic rings. The fraction of sp³-hybridized carbons (Fsp3) is 0.714. The fourth-order valence-electron chi connectivity index (χ4n) is 0.675. The highest BCUT2D eigenvalue weighted by molar-refractivity contribution is 5.85. The lowest BCUT2D eigenvalue weighted by Gasteiger charge is -2.10. The predicted octanol–water partition coefficient (Wildman–Crippen LogP) is -2.18. The van der Waals surface area contributed by atoms with Gasteiger partial charge in [-0.3, -0.25) is 9.59 Å². The summed E-state index contributed by atoms with van der Waals surface area (Å²) in [6, 6.07) is -0.644. The zero-order valence-electron chi connectivity index (χ0n) is 7.79. The first kappa shape index (κ1) is 11.9. The summed E-state index contributed by atoms with van der Waals surface area (Å²) in [4.78, 5) is 21.7. The molecule has 1 amide bonds. The highest BCUT2D eigenvalue weighted by Crippen LogP contribution is 1.77. The van der Waals surface area contributed by atoms with Crippen LogP contribution in [0.4, 0.5) is 0 Å². The van der Waals surface area contributed by atoms with Gasteiger partial charge < -0.3 is 21.1 Å². The van der Waals surface area contributed by atoms with Crippen LogP contribution in [0, 0.1) is 0 Å². The molecule has 1 unspecified atom stereocenters. The molecule has 0 fully saturated rings. The largest absolute Gasteiger partial charge is 0.468 e. The molecule has 0 heterocycles. The molecular weight excluding hydrogens is 174 g/mol. The van der Waals surface area contributed by atoms with E-state index in [4.69, 9.17) is 5.73 Å². The van der Waals surface area contributed by atoms with Crippen molar-refractivity contribution in [3.8, 4) is 0 Å². The Balaban J connectivity index is 3.67. The quantitative estimate of drug-likeness (QED) is 0.428. The Morgan fingerprint density at radius 1 is 1.54 bits per heavy atom. The van der Waals surface area contributed by atoms with Crippen molar-refractivity contribution in [1.29, 1.82) is 0 Å². The molecule has 13 heavy (non-hydrogen) atoms. The SMILES string of the molecule is CNCC(N)C(=O)NCC(=O)OC. The van der Waals surface area contributed by atoms with Gasteiger partial charge in [0.05, 0.1) is 13.2 Å². The van der Waals surface area contributed by atoms with Gasteiger partial charge in [0.15, 0.2) is 0 Å². The number of rotatable bonds is 5. The van der Waals surface area contributed by atoms with Gasteiger partial charge in [-0.15, -0.1) is 0 Å². The smallest absolute Gasteiger partial charge is 0.325 e. The molecule has 0 aliphatic heterocycles. The minimum atomic E-state index is -0.644. The van der Waals surface area contributed by atoms with Crippen LogP contribution in [0.5, 0.6) is 0 Å². The number of methoxy groups -OCH3 is 1. The number of nitrogens with two attached hydrogens (primary N) is 1. The van der Waals surface area contributed by atoms with E-state index in [9.17, 15) is 9.59 Å². The second-order valence-corrected chi connectivity index (χ2v) is 2.46. The van der Waals surface area contributed by atoms with E-state index in [2.05, 4.69) is 15.4 Å². The number of likely N-dealkylation sites (N-methyl/N-ethyl adjacent to an activating group) is 1. The van der Waals surface area contributed by atoms with E-state index in [1.54, 1.807) is 7.05 Å². The summed E-state index contributed by atoms with van der Waals surface area (Å²) in [5.74, 6) is -0.871. The van der Waals surface area contributed by atoms with E-state index in [-0.39, 0.29) is 12.5 Å². The van der Waals surface area contributed by atoms with Crippen LogP contribution in [0.1, 0.15) is 0 Å². The third kappa shape index (κ3) is 5.15. The van der Waals surface area contributed by atoms with Crippen molar-refractivity contribution in [2.24, 2.45) is 5.73 Å². The number of carbonyl (C=O) groups excluding carboxylic acids is 2. The lowest BCUT2D eigenvalue weighted by Crippen LogP contribution is -2.47. The molecule has 4 N–H and O–H groups in total. The number of hydrogen-bond donors (Lipinski definition) is 3. The summed E-state index contributed by atoms with van der Waals surface area (Å²) in [7, 11) is 2.94. The van der Waals surface area contributed by atoms with Crippen LogP contribution in [0.2, 0.25) is 0 Å². The van der Waals surface area contributed by atoms with Crippen molar-refractivity contribution in [2.45, 2.75) is 6.04 Å². The maximum Gasteiger partial charge on any atom is 0.325 e. The van der Waals surface area contributed by atoms with Gasteiger partial charge in [-0.1, -0.05) is 0 Å². The molecule has 0 radical (unpaired) electrons. The Hall–Kier alpha value is -1.14. The lowest BCUT2D eigenvalue weighted by atomic mass is 10.3. The van der Waals surface area contributed by atoms with Gasteiger partial charge in [0.1, 0.15) is 6.54 Å². The minimum absolute atomic E-state index is 0.146. The van der Waals surface area contributed by atoms with Crippen molar-refractivity contribution in [3.63, 3.8) is 0 Å². The van der Waals surface area contributed by atoms with E-state index in [0.717, 1.165) is 0 Å². The molecule has 76 valence electrons. The van der Waals surface area contributed by atoms with Crippen LogP contribution in [-0.4, -0.2) is 45.2 Å². The number of hydrogen-bond acceptors (Lipinski definition) is 5. The summed E-state index contributed by atoms with van der Waals surface area (Å²) >= 11 is 0. The minimum Gasteiger partial charge on any atom is -0.468 e. The highest BCUT2D eigenvalue weighted by atomic mass is 16.5. The molecule has 0 aromatic heterocycles. The molecule has 0 aliphatic rings. The van der Waals surface area contributed by atoms with E-state index < -0.39 is 12.0 Å². The number of carbonyl (C=O) groups is 2. The van der Waals surface area contributed by atoms with Crippen LogP contribution >= 0.6 is 0 Å². The molecule has 1 atom stereocenters. The van der Waals surface area contributed by atoms with Gasteiger partial charge in [0, 0.05) is 6.54 Å². The van der Waals surface area contributed by atoms with Crippen LogP contribution in [0.25, 0.3) is 0 Å². The molecule has 0 rings (SSSR count). The van der Waals surface area contributed by atoms with Gasteiger partial charge in [-0.2, -0.15) is 0 Å². The monoisotopic (exact) mass is 189 g/mol. The second-order valence-electron chi connectivity index (χ2n) is 2.46. The lowest BCUT2D eigenvalue weighted by molar-refractivity contribution is -0.141. The van der Waals surface area contributed by atoms with Crippen molar-refractivity contribution < 1.29 is 14.3 Å². The van der Waals surface area contributed by atoms with Gasteiger partial charge in [-0.25, -0.2) is 0 Å². The van der Waals surface area contributed by atoms with Crippen molar-refractivity contribution in [2.75, 3.05) is 27.2 Å². The van der Waals surface area contributed by atoms with Gasteiger partial charge in [0.25, 0.3) is 0 Å². The molecular formula is C7H15N3O3. The Labute approximate surface area is 76.8 Å². The molecule has 6 heteroatoms. The maximum atomic E-state index is 11.1. The average molecular weight is 189 g/mol. The molecule has 0 bridgehead atoms. The number of esters is 1. The van der Waals surface area contributed by atoms with E-state index in [0.29, 0.717) is 6.54 Å². The van der Waals surface area contributed by atoms with Crippen LogP contribution in [0.3, 0.4) is 0 Å². The average Bonchev–Trinajstić information content (AvgIpc) is 2.13. The summed E-state index contributed by atoms with van der Waals surface area (Å²) < 4.78 is 4.33. The predicted molar refractivity (Wildman–Crippen MR) is 46.9 cm³/mol. The zero-order chi connectivity index (χ0) is 10.3. The summed E-state index contributed by atoms with van der Waals surface area (Å²) in [5, 5.41) is 5.09. The van der Waals surface area contributed by atoms with E-state index in [1.165, 1.54) is 7.11 Å². The number of nitrogens with one attached hydrogen (secondary N) is 2. The molecule has 0 aliphatic carbocycles. The normalized spacial score (nSPS) is 11.9. The molecule has 0 spiro atoms. The number of ether oxygens (including phenoxy) is 1. The van der Waals surface area contributed by atoms with E-state index in [1.807, 2.05) is 0 Å². The first-order valence-corrected chi connectivity index (χ1v) is 3.86. The van der Waals surface area contributed by atoms with Gasteiger partial charge in [-0.05, 0) is 7.05 Å². The maximum absolute atomic E-state index is 11.1. The standard InChI is InChI=1S/C7H15N3O3/c1-9-3-5(8)7(12)10-4-6(11)13-2/h5,9H,3-4,8H2,1-2H3,(H,10,12). The third-order valence-electron chi connectivity index (χ3n) is 1.40. The van der Waals surface area contributed by atoms with Crippen LogP contribution in [0.15, 0.2) is 0 Å². The fourth-order valence-corrected chi connectivity index (χ4v) is 0.675. The van der Waals surface area contributed by atoms with Crippen LogP contribution < -0.4 is 16.4 Å². The Morgan fingerprint density at radius 3 is 2.62 bits per heavy atom. The second kappa shape index (κ2) is 6.38. The molecule has 6 nitrogen and oxygen atoms in total. The molecule has 0 saturated heterocycles. The number of amides is 1. The summed E-state index contributed by atoms with van der Waals surface area (Å²) in [5.41, 5.74) is 5.43. The van der Waals surface area contributed by atoms with Crippen molar-refractivity contribution >= 4 is 11.9 Å². The molecule has 0 aromatic carbocycles. The Kier molecular flexibility index (Phi) is 5.82. The highest BCUT2D eigenvalue weighted by Gasteiger charge is 2.12. The zero-order valence-corrected chi connectivity index (χ0v) is 7.79. The van der Waals surface area contributed by atoms with Crippen molar-refractivity contribution in [3.05, 3.63) is 0 Å². The Morgan fingerprint density at radius 2 is 2.15 bits per heavy atom. The Bertz CT molecular complexity index is 184. The third-order valence-corrected chi connectivity index (χ3v) is 1.40.